The maximum absolute atomic E-state index is 12.7. The van der Waals surface area contributed by atoms with Crippen molar-refractivity contribution in [2.75, 3.05) is 0 Å². The SMILES string of the molecule is [2H]C([2H])([2H])c1c(-c2nc(C(C)(C)C)nc(C(C)(C)C)n2)oc2cnc(-c3[c-]c(-c4cccc5c4nc(-c4cc(C(C)(C)C)cc(C(C)(C)C)c4O)n5-c4ccc(-c5ccccc5)cc4-c4ccccc4)cc(C(C)(C)C)c3)cc12.[Pt]. The monoisotopic (exact) mass is 1200 g/mol. The molecule has 6 aromatic carbocycles. The molecule has 4 heterocycles. The Morgan fingerprint density at radius 1 is 0.545 bits per heavy atom. The third kappa shape index (κ3) is 10.6. The van der Waals surface area contributed by atoms with E-state index in [2.05, 4.69) is 182 Å². The Bertz CT molecular complexity index is 3940. The number of hydrogen-bond donors (Lipinski definition) is 1. The van der Waals surface area contributed by atoms with Crippen LogP contribution in [0.25, 0.3) is 95.3 Å². The first kappa shape index (κ1) is 50.8. The van der Waals surface area contributed by atoms with Gasteiger partial charge in [0.15, 0.2) is 17.2 Å². The van der Waals surface area contributed by atoms with Crippen LogP contribution in [0.2, 0.25) is 0 Å². The van der Waals surface area contributed by atoms with E-state index in [0.717, 1.165) is 61.3 Å². The van der Waals surface area contributed by atoms with E-state index in [1.165, 1.54) is 0 Å². The minimum Gasteiger partial charge on any atom is -0.507 e. The molecule has 10 aromatic rings. The summed E-state index contributed by atoms with van der Waals surface area (Å²) < 4.78 is 35.5. The third-order valence-electron chi connectivity index (χ3n) is 14.2. The number of phenolic OH excluding ortho intramolecular Hbond substituents is 1. The van der Waals surface area contributed by atoms with E-state index in [9.17, 15) is 5.11 Å². The summed E-state index contributed by atoms with van der Waals surface area (Å²) in [6, 6.07) is 47.7. The molecule has 4 aromatic heterocycles. The fourth-order valence-electron chi connectivity index (χ4n) is 9.68. The zero-order valence-electron chi connectivity index (χ0n) is 50.1. The first-order chi connectivity index (χ1) is 36.9. The molecule has 0 saturated heterocycles. The smallest absolute Gasteiger partial charge is 0.199 e. The number of para-hydroxylation sites is 1. The second-order valence-corrected chi connectivity index (χ2v) is 25.5. The second-order valence-electron chi connectivity index (χ2n) is 25.5. The predicted octanol–water partition coefficient (Wildman–Crippen LogP) is 17.7. The molecule has 10 rings (SSSR count). The maximum Gasteiger partial charge on any atom is 0.199 e. The van der Waals surface area contributed by atoms with Crippen LogP contribution >= 0.6 is 0 Å². The van der Waals surface area contributed by atoms with Gasteiger partial charge in [-0.15, -0.1) is 29.3 Å². The average molecular weight is 1200 g/mol. The van der Waals surface area contributed by atoms with Gasteiger partial charge in [0.2, 0.25) is 0 Å². The molecule has 0 aliphatic carbocycles. The van der Waals surface area contributed by atoms with Gasteiger partial charge >= 0.3 is 0 Å². The quantitative estimate of drug-likeness (QED) is 0.159. The van der Waals surface area contributed by atoms with Crippen molar-refractivity contribution in [2.24, 2.45) is 0 Å². The summed E-state index contributed by atoms with van der Waals surface area (Å²) in [5.74, 6) is 2.08. The minimum atomic E-state index is -2.61. The summed E-state index contributed by atoms with van der Waals surface area (Å²) in [6.45, 7) is 29.0. The molecule has 396 valence electrons. The van der Waals surface area contributed by atoms with Gasteiger partial charge in [-0.1, -0.05) is 206 Å². The van der Waals surface area contributed by atoms with Crippen molar-refractivity contribution < 1.29 is 34.7 Å². The molecular formula is C68H71N6O2Pt-. The van der Waals surface area contributed by atoms with Crippen LogP contribution in [-0.4, -0.2) is 34.6 Å². The number of imidazole rings is 1. The second kappa shape index (κ2) is 19.8. The van der Waals surface area contributed by atoms with Crippen LogP contribution in [0.4, 0.5) is 0 Å². The molecule has 8 nitrogen and oxygen atoms in total. The minimum absolute atomic E-state index is 0. The van der Waals surface area contributed by atoms with Crippen molar-refractivity contribution in [3.8, 4) is 79.0 Å². The number of aryl methyl sites for hydroxylation is 1. The Kier molecular flexibility index (Phi) is 13.0. The third-order valence-corrected chi connectivity index (χ3v) is 14.2. The normalized spacial score (nSPS) is 13.4. The van der Waals surface area contributed by atoms with Crippen LogP contribution in [0.3, 0.4) is 0 Å². The van der Waals surface area contributed by atoms with Gasteiger partial charge in [-0.3, -0.25) is 9.55 Å². The Morgan fingerprint density at radius 3 is 1.75 bits per heavy atom. The zero-order chi connectivity index (χ0) is 56.9. The molecule has 0 aliphatic heterocycles. The molecule has 1 N–H and O–H groups in total. The fraction of sp³-hybridized carbons (Fsp3) is 0.309. The van der Waals surface area contributed by atoms with E-state index < -0.39 is 23.1 Å². The van der Waals surface area contributed by atoms with Gasteiger partial charge in [0, 0.05) is 63.8 Å². The number of hydrogen-bond acceptors (Lipinski definition) is 7. The zero-order valence-corrected chi connectivity index (χ0v) is 49.3. The number of fused-ring (bicyclic) bond motifs is 2. The first-order valence-electron chi connectivity index (χ1n) is 27.8. The first-order valence-corrected chi connectivity index (χ1v) is 26.3. The molecule has 0 amide bonds. The molecular weight excluding hydrogens is 1130 g/mol. The summed E-state index contributed by atoms with van der Waals surface area (Å²) in [5, 5.41) is 13.1. The number of furan rings is 1. The van der Waals surface area contributed by atoms with Crippen molar-refractivity contribution in [1.29, 1.82) is 0 Å². The molecule has 0 saturated carbocycles. The van der Waals surface area contributed by atoms with Crippen LogP contribution < -0.4 is 0 Å². The molecule has 0 unspecified atom stereocenters. The summed E-state index contributed by atoms with van der Waals surface area (Å²) in [6.07, 6.45) is 1.59. The Morgan fingerprint density at radius 2 is 1.16 bits per heavy atom. The van der Waals surface area contributed by atoms with Crippen LogP contribution in [-0.2, 0) is 48.1 Å². The van der Waals surface area contributed by atoms with Gasteiger partial charge in [0.25, 0.3) is 0 Å². The number of nitrogens with zero attached hydrogens (tertiary/aromatic N) is 6. The molecule has 0 atom stereocenters. The van der Waals surface area contributed by atoms with Crippen molar-refractivity contribution in [3.63, 3.8) is 0 Å². The van der Waals surface area contributed by atoms with E-state index in [-0.39, 0.29) is 54.8 Å². The Hall–Kier alpha value is -7.02. The van der Waals surface area contributed by atoms with E-state index in [4.69, 9.17) is 33.4 Å². The molecule has 0 aliphatic rings. The molecule has 0 fully saturated rings. The van der Waals surface area contributed by atoms with E-state index >= 15 is 0 Å². The molecule has 0 spiro atoms. The number of pyridine rings is 1. The average Bonchev–Trinajstić information content (AvgIpc) is 4.13. The number of aromatic hydroxyl groups is 1. The van der Waals surface area contributed by atoms with Crippen molar-refractivity contribution in [1.82, 2.24) is 29.5 Å². The van der Waals surface area contributed by atoms with Crippen molar-refractivity contribution >= 4 is 22.0 Å². The molecule has 0 radical (unpaired) electrons. The van der Waals surface area contributed by atoms with E-state index in [1.807, 2.05) is 53.7 Å². The predicted molar refractivity (Wildman–Crippen MR) is 313 cm³/mol. The van der Waals surface area contributed by atoms with Crippen molar-refractivity contribution in [3.05, 3.63) is 174 Å². The number of benzene rings is 6. The van der Waals surface area contributed by atoms with Gasteiger partial charge in [0.05, 0.1) is 28.5 Å². The van der Waals surface area contributed by atoms with Gasteiger partial charge in [-0.25, -0.2) is 19.9 Å². The Balaban J connectivity index is 0.00000774. The fourth-order valence-corrected chi connectivity index (χ4v) is 9.68. The van der Waals surface area contributed by atoms with Crippen LogP contribution in [0.1, 0.15) is 142 Å². The van der Waals surface area contributed by atoms with Gasteiger partial charge in [0.1, 0.15) is 23.2 Å². The molecule has 0 bridgehead atoms. The maximum atomic E-state index is 12.7. The topological polar surface area (TPSA) is 103 Å². The van der Waals surface area contributed by atoms with E-state index in [1.54, 1.807) is 12.3 Å². The van der Waals surface area contributed by atoms with E-state index in [0.29, 0.717) is 50.8 Å². The molecule has 9 heteroatoms. The standard InChI is InChI=1S/C68H71N6O2.Pt/c1-40-49-38-53(69-39-56(49)76-59(40)60-71-62(67(11,12)13)73-63(72-60)68(14,15)16)45-32-44(33-46(34-45)64(2,3)4)48-28-23-29-55-57(48)70-61(51-36-47(65(5,6)7)37-52(58(51)75)66(8,9)10)74(55)54-31-30-43(41-24-19-17-20-25-41)35-50(54)42-26-21-18-22-27-42;/h17-31,33-39,75H,1-16H3;/q-1;/i1D3;. The van der Waals surface area contributed by atoms with Crippen LogP contribution in [0.5, 0.6) is 5.75 Å². The Labute approximate surface area is 474 Å². The summed E-state index contributed by atoms with van der Waals surface area (Å²) in [5.41, 5.74) is 11.4. The largest absolute Gasteiger partial charge is 0.507 e. The van der Waals surface area contributed by atoms with Gasteiger partial charge in [-0.05, 0) is 69.6 Å². The number of rotatable bonds is 7. The van der Waals surface area contributed by atoms with Crippen LogP contribution in [0, 0.1) is 12.9 Å². The summed E-state index contributed by atoms with van der Waals surface area (Å²) >= 11 is 0. The molecule has 77 heavy (non-hydrogen) atoms. The summed E-state index contributed by atoms with van der Waals surface area (Å²) in [7, 11) is 0. The van der Waals surface area contributed by atoms with Crippen molar-refractivity contribution in [2.45, 2.75) is 138 Å². The summed E-state index contributed by atoms with van der Waals surface area (Å²) in [4.78, 5) is 25.2. The van der Waals surface area contributed by atoms with Crippen LogP contribution in [0.15, 0.2) is 138 Å². The van der Waals surface area contributed by atoms with Gasteiger partial charge in [-0.2, -0.15) is 0 Å². The number of aromatic nitrogens is 6. The van der Waals surface area contributed by atoms with Gasteiger partial charge < -0.3 is 9.52 Å². The number of phenols is 1.